The van der Waals surface area contributed by atoms with Crippen LogP contribution in [-0.4, -0.2) is 32.7 Å². The lowest BCUT2D eigenvalue weighted by Gasteiger charge is -2.31. The predicted molar refractivity (Wildman–Crippen MR) is 109 cm³/mol. The molecule has 1 atom stereocenters. The fourth-order valence-electron chi connectivity index (χ4n) is 4.37. The molecule has 0 radical (unpaired) electrons. The maximum absolute atomic E-state index is 13.2. The van der Waals surface area contributed by atoms with Crippen LogP contribution in [0.1, 0.15) is 39.7 Å². The summed E-state index contributed by atoms with van der Waals surface area (Å²) in [5.74, 6) is -0.846. The Hall–Kier alpha value is -3.23. The summed E-state index contributed by atoms with van der Waals surface area (Å²) in [5, 5.41) is 24.3. The third-order valence-electron chi connectivity index (χ3n) is 6.04. The van der Waals surface area contributed by atoms with Crippen LogP contribution in [0.5, 0.6) is 5.75 Å². The van der Waals surface area contributed by atoms with Crippen LogP contribution in [0, 0.1) is 0 Å². The number of cyclic esters (lactones) is 1. The average Bonchev–Trinajstić information content (AvgIpc) is 3.12. The summed E-state index contributed by atoms with van der Waals surface area (Å²) in [4.78, 5) is 30.2. The number of benzene rings is 1. The van der Waals surface area contributed by atoms with E-state index in [1.54, 1.807) is 25.1 Å². The van der Waals surface area contributed by atoms with Crippen LogP contribution in [0.15, 0.2) is 29.1 Å². The van der Waals surface area contributed by atoms with Gasteiger partial charge in [-0.25, -0.2) is 9.78 Å². The molecule has 5 rings (SSSR count). The highest BCUT2D eigenvalue weighted by molar-refractivity contribution is 5.89. The Morgan fingerprint density at radius 2 is 2.20 bits per heavy atom. The number of nitrogens with one attached hydrogen (secondary N) is 1. The molecule has 3 aromatic rings. The van der Waals surface area contributed by atoms with Crippen molar-refractivity contribution in [2.75, 3.05) is 6.98 Å². The van der Waals surface area contributed by atoms with Gasteiger partial charge >= 0.3 is 5.97 Å². The summed E-state index contributed by atoms with van der Waals surface area (Å²) in [6.45, 7) is -0.830. The lowest BCUT2D eigenvalue weighted by molar-refractivity contribution is -0.172. The van der Waals surface area contributed by atoms with E-state index in [0.717, 1.165) is 0 Å². The van der Waals surface area contributed by atoms with Crippen LogP contribution in [-0.2, 0) is 34.8 Å². The molecule has 154 valence electrons. The van der Waals surface area contributed by atoms with Crippen LogP contribution < -0.4 is 10.9 Å². The first kappa shape index (κ1) is 15.6. The molecule has 0 aliphatic carbocycles. The largest absolute Gasteiger partial charge is 0.508 e. The molecule has 8 heteroatoms. The van der Waals surface area contributed by atoms with E-state index in [0.29, 0.717) is 33.4 Å². The zero-order valence-corrected chi connectivity index (χ0v) is 16.2. The van der Waals surface area contributed by atoms with Gasteiger partial charge in [0.1, 0.15) is 12.4 Å². The number of ether oxygens (including phenoxy) is 1. The first-order valence-electron chi connectivity index (χ1n) is 11.1. The second-order valence-electron chi connectivity index (χ2n) is 7.58. The molecule has 2 aliphatic heterocycles. The minimum Gasteiger partial charge on any atom is -0.508 e. The number of aromatic nitrogens is 2. The zero-order valence-electron chi connectivity index (χ0n) is 19.2. The Kier molecular flexibility index (Phi) is 3.32. The Balaban J connectivity index is 1.69. The highest BCUT2D eigenvalue weighted by Gasteiger charge is 2.45. The van der Waals surface area contributed by atoms with Crippen molar-refractivity contribution < 1.29 is 23.9 Å². The Morgan fingerprint density at radius 3 is 2.97 bits per heavy atom. The van der Waals surface area contributed by atoms with Crippen LogP contribution in [0.2, 0.25) is 0 Å². The van der Waals surface area contributed by atoms with E-state index in [9.17, 15) is 19.8 Å². The van der Waals surface area contributed by atoms with Gasteiger partial charge in [0.25, 0.3) is 5.56 Å². The fraction of sp³-hybridized carbons (Fsp3) is 0.318. The van der Waals surface area contributed by atoms with E-state index in [1.807, 2.05) is 0 Å². The van der Waals surface area contributed by atoms with Gasteiger partial charge in [-0.15, -0.1) is 0 Å². The number of esters is 1. The van der Waals surface area contributed by atoms with Crippen molar-refractivity contribution in [2.45, 2.75) is 38.6 Å². The van der Waals surface area contributed by atoms with Crippen LogP contribution in [0.25, 0.3) is 22.3 Å². The summed E-state index contributed by atoms with van der Waals surface area (Å²) in [7, 11) is 0. The van der Waals surface area contributed by atoms with Crippen molar-refractivity contribution in [2.24, 2.45) is 0 Å². The van der Waals surface area contributed by atoms with Crippen molar-refractivity contribution in [3.63, 3.8) is 0 Å². The van der Waals surface area contributed by atoms with Gasteiger partial charge in [0, 0.05) is 32.7 Å². The average molecular weight is 410 g/mol. The van der Waals surface area contributed by atoms with Crippen LogP contribution in [0.3, 0.4) is 0 Å². The quantitative estimate of drug-likeness (QED) is 0.439. The molecule has 3 N–H and O–H groups in total. The molecule has 0 saturated heterocycles. The fourth-order valence-corrected chi connectivity index (χ4v) is 4.37. The number of rotatable bonds is 3. The van der Waals surface area contributed by atoms with Gasteiger partial charge in [0.05, 0.1) is 29.0 Å². The normalized spacial score (nSPS) is 21.3. The van der Waals surface area contributed by atoms with E-state index in [4.69, 9.17) is 8.85 Å². The van der Waals surface area contributed by atoms with Crippen LogP contribution in [0.4, 0.5) is 0 Å². The van der Waals surface area contributed by atoms with Gasteiger partial charge in [-0.2, -0.15) is 0 Å². The molecule has 4 heterocycles. The number of carbonyl (C=O) groups excluding carboxylic acids is 1. The van der Waals surface area contributed by atoms with Gasteiger partial charge in [-0.3, -0.25) is 4.79 Å². The number of aromatic hydroxyl groups is 1. The molecule has 8 nitrogen and oxygen atoms in total. The van der Waals surface area contributed by atoms with Gasteiger partial charge in [-0.1, -0.05) is 6.92 Å². The second-order valence-corrected chi connectivity index (χ2v) is 7.58. The number of fused-ring (bicyclic) bond motifs is 5. The Bertz CT molecular complexity index is 1400. The van der Waals surface area contributed by atoms with Crippen molar-refractivity contribution in [1.82, 2.24) is 14.9 Å². The zero-order chi connectivity index (χ0) is 23.7. The molecular formula is C22H21N3O5. The molecule has 0 fully saturated rings. The molecule has 0 bridgehead atoms. The molecule has 0 spiro atoms. The highest BCUT2D eigenvalue weighted by atomic mass is 16.6. The predicted octanol–water partition coefficient (Wildman–Crippen LogP) is 1.50. The van der Waals surface area contributed by atoms with E-state index in [1.165, 1.54) is 10.6 Å². The Labute approximate surface area is 176 Å². The summed E-state index contributed by atoms with van der Waals surface area (Å²) >= 11 is 0. The molecule has 0 unspecified atom stereocenters. The van der Waals surface area contributed by atoms with Crippen molar-refractivity contribution >= 4 is 16.9 Å². The number of phenols is 1. The number of nitrogens with zero attached hydrogens (tertiary/aromatic N) is 2. The lowest BCUT2D eigenvalue weighted by Crippen LogP contribution is -2.44. The maximum Gasteiger partial charge on any atom is 0.343 e. The monoisotopic (exact) mass is 410 g/mol. The third-order valence-corrected chi connectivity index (χ3v) is 6.04. The van der Waals surface area contributed by atoms with Gasteiger partial charge in [-0.05, 0) is 37.7 Å². The van der Waals surface area contributed by atoms with Crippen LogP contribution >= 0.6 is 0 Å². The molecule has 1 aromatic carbocycles. The van der Waals surface area contributed by atoms with Crippen molar-refractivity contribution in [3.05, 3.63) is 56.9 Å². The topological polar surface area (TPSA) is 114 Å². The number of carbonyl (C=O) groups is 1. The minimum atomic E-state index is -2.38. The summed E-state index contributed by atoms with van der Waals surface area (Å²) in [5.41, 5.74) is 0.819. The van der Waals surface area contributed by atoms with E-state index >= 15 is 0 Å². The lowest BCUT2D eigenvalue weighted by atomic mass is 9.86. The number of aliphatic hydroxyl groups is 1. The van der Waals surface area contributed by atoms with Crippen molar-refractivity contribution in [1.29, 1.82) is 0 Å². The number of hydrogen-bond donors (Lipinski definition) is 3. The number of pyridine rings is 2. The van der Waals surface area contributed by atoms with E-state index < -0.39 is 18.5 Å². The van der Waals surface area contributed by atoms with Gasteiger partial charge in [0.15, 0.2) is 5.60 Å². The summed E-state index contributed by atoms with van der Waals surface area (Å²) < 4.78 is 28.7. The van der Waals surface area contributed by atoms with Gasteiger partial charge in [0.2, 0.25) is 0 Å². The van der Waals surface area contributed by atoms with E-state index in [-0.39, 0.29) is 48.6 Å². The molecule has 2 aliphatic rings. The first-order valence-corrected chi connectivity index (χ1v) is 9.60. The number of hydrogen-bond acceptors (Lipinski definition) is 7. The maximum atomic E-state index is 13.2. The summed E-state index contributed by atoms with van der Waals surface area (Å²) in [6.07, 6.45) is 0.0544. The minimum absolute atomic E-state index is 0.0544. The Morgan fingerprint density at radius 1 is 1.37 bits per heavy atom. The first-order chi connectivity index (χ1) is 15.5. The smallest absolute Gasteiger partial charge is 0.343 e. The third kappa shape index (κ3) is 2.37. The van der Waals surface area contributed by atoms with Gasteiger partial charge < -0.3 is 24.8 Å². The number of phenolic OH excluding ortho intramolecular Hbond substituents is 1. The second kappa shape index (κ2) is 6.38. The molecule has 2 aromatic heterocycles. The molecule has 30 heavy (non-hydrogen) atoms. The highest BCUT2D eigenvalue weighted by Crippen LogP contribution is 2.39. The SMILES string of the molecule is [2H]C([2H])([2H])NCc1c(O)ccc2nc3c(cc12)Cn1c-3cc2c(c1=O)COC(=O)[C@@]2(O)CC. The van der Waals surface area contributed by atoms with E-state index in [2.05, 4.69) is 10.3 Å². The van der Waals surface area contributed by atoms with Crippen molar-refractivity contribution in [3.8, 4) is 17.1 Å². The molecular weight excluding hydrogens is 386 g/mol. The standard InChI is InChI=1S/C22H21N3O5/c1-3-22(29)15-7-17-19-11(9-25(17)20(27)14(15)10-30-21(22)28)6-12-13(8-23-2)18(26)5-4-16(12)24-19/h4-7,23,26,29H,3,8-10H2,1-2H3/t22-/m1/s1/i2D3. The molecule has 0 amide bonds. The summed E-state index contributed by atoms with van der Waals surface area (Å²) in [6, 6.07) is 6.47. The molecule has 0 saturated carbocycles.